The maximum Gasteiger partial charge on any atom is 0.0831 e. The van der Waals surface area contributed by atoms with Crippen molar-refractivity contribution in [3.05, 3.63) is 12.7 Å². The third-order valence-electron chi connectivity index (χ3n) is 4.70. The second kappa shape index (κ2) is 8.76. The van der Waals surface area contributed by atoms with Crippen LogP contribution in [0.2, 0.25) is 0 Å². The Hall–Kier alpha value is -0.340. The molecular formula is C17H33NO. The molecule has 1 aliphatic rings. The Morgan fingerprint density at radius 3 is 2.63 bits per heavy atom. The summed E-state index contributed by atoms with van der Waals surface area (Å²) >= 11 is 0. The molecule has 2 heteroatoms. The number of methoxy groups -OCH3 is 1. The first-order chi connectivity index (χ1) is 9.18. The van der Waals surface area contributed by atoms with Crippen LogP contribution in [0, 0.1) is 5.92 Å². The maximum absolute atomic E-state index is 6.03. The average Bonchev–Trinajstić information content (AvgIpc) is 2.44. The quantitative estimate of drug-likeness (QED) is 0.496. The van der Waals surface area contributed by atoms with E-state index in [2.05, 4.69) is 25.7 Å². The Balaban J connectivity index is 2.64. The highest BCUT2D eigenvalue weighted by atomic mass is 16.5. The monoisotopic (exact) mass is 267 g/mol. The molecule has 1 aliphatic carbocycles. The fraction of sp³-hybridized carbons (Fsp3) is 0.882. The van der Waals surface area contributed by atoms with E-state index in [0.29, 0.717) is 6.04 Å². The molecule has 0 amide bonds. The Labute approximate surface area is 120 Å². The van der Waals surface area contributed by atoms with Crippen LogP contribution in [0.1, 0.15) is 65.2 Å². The van der Waals surface area contributed by atoms with E-state index in [0.717, 1.165) is 18.9 Å². The molecule has 0 aromatic heterocycles. The van der Waals surface area contributed by atoms with Crippen LogP contribution < -0.4 is 5.32 Å². The van der Waals surface area contributed by atoms with Gasteiger partial charge >= 0.3 is 0 Å². The zero-order valence-electron chi connectivity index (χ0n) is 13.2. The van der Waals surface area contributed by atoms with E-state index in [1.54, 1.807) is 0 Å². The van der Waals surface area contributed by atoms with Crippen LogP contribution in [-0.4, -0.2) is 25.3 Å². The van der Waals surface area contributed by atoms with Gasteiger partial charge in [0.1, 0.15) is 0 Å². The van der Waals surface area contributed by atoms with Gasteiger partial charge in [0.25, 0.3) is 0 Å². The van der Waals surface area contributed by atoms with Crippen molar-refractivity contribution in [3.8, 4) is 0 Å². The van der Waals surface area contributed by atoms with Crippen LogP contribution in [0.15, 0.2) is 12.7 Å². The molecule has 1 rings (SSSR count). The van der Waals surface area contributed by atoms with Gasteiger partial charge < -0.3 is 10.1 Å². The second-order valence-corrected chi connectivity index (χ2v) is 6.18. The molecule has 1 atom stereocenters. The van der Waals surface area contributed by atoms with E-state index in [9.17, 15) is 0 Å². The van der Waals surface area contributed by atoms with E-state index >= 15 is 0 Å². The SMILES string of the molecule is C=CCCCC(NCCC)C1(OC)CCC(C)CC1. The summed E-state index contributed by atoms with van der Waals surface area (Å²) in [6.07, 6.45) is 11.8. The lowest BCUT2D eigenvalue weighted by Crippen LogP contribution is -2.54. The third-order valence-corrected chi connectivity index (χ3v) is 4.70. The van der Waals surface area contributed by atoms with Gasteiger partial charge in [0, 0.05) is 13.2 Å². The molecule has 19 heavy (non-hydrogen) atoms. The molecule has 112 valence electrons. The highest BCUT2D eigenvalue weighted by molar-refractivity contribution is 4.96. The van der Waals surface area contributed by atoms with Crippen LogP contribution in [-0.2, 0) is 4.74 Å². The number of rotatable bonds is 9. The summed E-state index contributed by atoms with van der Waals surface area (Å²) < 4.78 is 6.03. The van der Waals surface area contributed by atoms with Gasteiger partial charge in [-0.3, -0.25) is 0 Å². The standard InChI is InChI=1S/C17H33NO/c1-5-7-8-9-16(18-14-6-2)17(19-4)12-10-15(3)11-13-17/h5,15-16,18H,1,6-14H2,2-4H3. The number of hydrogen-bond acceptors (Lipinski definition) is 2. The van der Waals surface area contributed by atoms with Gasteiger partial charge in [-0.25, -0.2) is 0 Å². The van der Waals surface area contributed by atoms with Crippen LogP contribution >= 0.6 is 0 Å². The average molecular weight is 267 g/mol. The molecule has 0 heterocycles. The number of allylic oxidation sites excluding steroid dienone is 1. The van der Waals surface area contributed by atoms with Crippen molar-refractivity contribution in [1.82, 2.24) is 5.32 Å². The number of ether oxygens (including phenoxy) is 1. The summed E-state index contributed by atoms with van der Waals surface area (Å²) in [5.41, 5.74) is 0.0723. The smallest absolute Gasteiger partial charge is 0.0831 e. The normalized spacial score (nSPS) is 29.1. The minimum absolute atomic E-state index is 0.0723. The lowest BCUT2D eigenvalue weighted by Gasteiger charge is -2.44. The van der Waals surface area contributed by atoms with Crippen LogP contribution in [0.3, 0.4) is 0 Å². The fourth-order valence-electron chi connectivity index (χ4n) is 3.28. The van der Waals surface area contributed by atoms with Gasteiger partial charge in [-0.15, -0.1) is 6.58 Å². The molecule has 1 unspecified atom stereocenters. The highest BCUT2D eigenvalue weighted by Gasteiger charge is 2.40. The molecule has 0 spiro atoms. The fourth-order valence-corrected chi connectivity index (χ4v) is 3.28. The summed E-state index contributed by atoms with van der Waals surface area (Å²) in [4.78, 5) is 0. The van der Waals surface area contributed by atoms with Gasteiger partial charge in [-0.2, -0.15) is 0 Å². The summed E-state index contributed by atoms with van der Waals surface area (Å²) in [5.74, 6) is 0.864. The van der Waals surface area contributed by atoms with Crippen molar-refractivity contribution < 1.29 is 4.74 Å². The van der Waals surface area contributed by atoms with Gasteiger partial charge in [0.2, 0.25) is 0 Å². The van der Waals surface area contributed by atoms with Crippen LogP contribution in [0.25, 0.3) is 0 Å². The van der Waals surface area contributed by atoms with Gasteiger partial charge in [-0.05, 0) is 63.8 Å². The molecule has 1 N–H and O–H groups in total. The zero-order chi connectivity index (χ0) is 14.1. The summed E-state index contributed by atoms with van der Waals surface area (Å²) in [5, 5.41) is 3.75. The van der Waals surface area contributed by atoms with Crippen molar-refractivity contribution >= 4 is 0 Å². The molecule has 0 bridgehead atoms. The van der Waals surface area contributed by atoms with Crippen molar-refractivity contribution in [2.24, 2.45) is 5.92 Å². The molecular weight excluding hydrogens is 234 g/mol. The lowest BCUT2D eigenvalue weighted by molar-refractivity contribution is -0.0767. The lowest BCUT2D eigenvalue weighted by atomic mass is 9.74. The van der Waals surface area contributed by atoms with Crippen LogP contribution in [0.5, 0.6) is 0 Å². The Bertz CT molecular complexity index is 244. The summed E-state index contributed by atoms with van der Waals surface area (Å²) in [6, 6.07) is 0.505. The minimum atomic E-state index is 0.0723. The van der Waals surface area contributed by atoms with E-state index < -0.39 is 0 Å². The third kappa shape index (κ3) is 4.92. The van der Waals surface area contributed by atoms with E-state index in [-0.39, 0.29) is 5.60 Å². The van der Waals surface area contributed by atoms with Crippen LogP contribution in [0.4, 0.5) is 0 Å². The first-order valence-electron chi connectivity index (χ1n) is 8.08. The molecule has 0 aromatic carbocycles. The Kier molecular flexibility index (Phi) is 7.70. The van der Waals surface area contributed by atoms with Crippen molar-refractivity contribution in [3.63, 3.8) is 0 Å². The molecule has 1 fully saturated rings. The van der Waals surface area contributed by atoms with Crippen molar-refractivity contribution in [2.45, 2.75) is 76.9 Å². The topological polar surface area (TPSA) is 21.3 Å². The first kappa shape index (κ1) is 16.7. The Morgan fingerprint density at radius 2 is 2.11 bits per heavy atom. The van der Waals surface area contributed by atoms with Crippen molar-refractivity contribution in [1.29, 1.82) is 0 Å². The molecule has 2 nitrogen and oxygen atoms in total. The van der Waals surface area contributed by atoms with E-state index in [1.165, 1.54) is 44.9 Å². The molecule has 0 aromatic rings. The zero-order valence-corrected chi connectivity index (χ0v) is 13.2. The summed E-state index contributed by atoms with van der Waals surface area (Å²) in [6.45, 7) is 9.52. The first-order valence-corrected chi connectivity index (χ1v) is 8.08. The van der Waals surface area contributed by atoms with Gasteiger partial charge in [0.05, 0.1) is 5.60 Å². The highest BCUT2D eigenvalue weighted by Crippen LogP contribution is 2.38. The molecule has 0 radical (unpaired) electrons. The predicted molar refractivity (Wildman–Crippen MR) is 83.5 cm³/mol. The second-order valence-electron chi connectivity index (χ2n) is 6.18. The molecule has 0 aliphatic heterocycles. The van der Waals surface area contributed by atoms with E-state index in [1.807, 2.05) is 13.2 Å². The number of unbranched alkanes of at least 4 members (excludes halogenated alkanes) is 1. The largest absolute Gasteiger partial charge is 0.377 e. The minimum Gasteiger partial charge on any atom is -0.377 e. The molecule has 0 saturated heterocycles. The van der Waals surface area contributed by atoms with Crippen molar-refractivity contribution in [2.75, 3.05) is 13.7 Å². The Morgan fingerprint density at radius 1 is 1.42 bits per heavy atom. The molecule has 1 saturated carbocycles. The maximum atomic E-state index is 6.03. The predicted octanol–water partition coefficient (Wildman–Crippen LogP) is 4.31. The number of nitrogens with one attached hydrogen (secondary N) is 1. The van der Waals surface area contributed by atoms with E-state index in [4.69, 9.17) is 4.74 Å². The van der Waals surface area contributed by atoms with Gasteiger partial charge in [0.15, 0.2) is 0 Å². The number of hydrogen-bond donors (Lipinski definition) is 1. The summed E-state index contributed by atoms with van der Waals surface area (Å²) in [7, 11) is 1.91. The van der Waals surface area contributed by atoms with Gasteiger partial charge in [-0.1, -0.05) is 19.9 Å².